The van der Waals surface area contributed by atoms with Crippen LogP contribution >= 0.6 is 0 Å². The Kier molecular flexibility index (Phi) is 4.98. The summed E-state index contributed by atoms with van der Waals surface area (Å²) in [5.41, 5.74) is 6.41. The van der Waals surface area contributed by atoms with E-state index in [1.165, 1.54) is 0 Å². The highest BCUT2D eigenvalue weighted by Gasteiger charge is 2.05. The summed E-state index contributed by atoms with van der Waals surface area (Å²) in [6.07, 6.45) is 2.20. The molecule has 0 aliphatic carbocycles. The number of nitrogens with two attached hydrogens (primary N) is 1. The Hall–Kier alpha value is -1.36. The molecule has 0 fully saturated rings. The molecule has 0 aliphatic rings. The molecule has 5 nitrogen and oxygen atoms in total. The van der Waals surface area contributed by atoms with Crippen molar-refractivity contribution in [3.63, 3.8) is 0 Å². The lowest BCUT2D eigenvalue weighted by atomic mass is 10.1. The Labute approximate surface area is 95.4 Å². The third-order valence-electron chi connectivity index (χ3n) is 2.20. The Bertz CT molecular complexity index is 334. The molecule has 0 bridgehead atoms. The van der Waals surface area contributed by atoms with Crippen molar-refractivity contribution in [1.29, 1.82) is 0 Å². The molecule has 1 amide bonds. The van der Waals surface area contributed by atoms with Crippen molar-refractivity contribution >= 4 is 5.91 Å². The minimum absolute atomic E-state index is 0.0229. The molecule has 0 saturated heterocycles. The van der Waals surface area contributed by atoms with Crippen LogP contribution in [0.1, 0.15) is 37.6 Å². The van der Waals surface area contributed by atoms with Crippen LogP contribution in [0.4, 0.5) is 0 Å². The minimum Gasteiger partial charge on any atom is -0.359 e. The van der Waals surface area contributed by atoms with Gasteiger partial charge in [-0.2, -0.15) is 0 Å². The molecule has 1 heterocycles. The Morgan fingerprint density at radius 1 is 1.69 bits per heavy atom. The number of aryl methyl sites for hydroxylation is 1. The lowest BCUT2D eigenvalue weighted by molar-refractivity contribution is -0.121. The van der Waals surface area contributed by atoms with Crippen molar-refractivity contribution in [2.45, 2.75) is 45.7 Å². The van der Waals surface area contributed by atoms with E-state index in [4.69, 9.17) is 10.3 Å². The molecule has 1 rings (SSSR count). The van der Waals surface area contributed by atoms with E-state index < -0.39 is 0 Å². The van der Waals surface area contributed by atoms with Gasteiger partial charge in [0.1, 0.15) is 0 Å². The summed E-state index contributed by atoms with van der Waals surface area (Å²) in [4.78, 5) is 11.4. The standard InChI is InChI=1S/C11H19N3O2/c1-8(12)4-3-5-11(15)13-7-10-6-9(2)14-16-10/h6,8H,3-5,7,12H2,1-2H3,(H,13,15). The number of nitrogens with one attached hydrogen (secondary N) is 1. The first-order chi connectivity index (χ1) is 7.58. The third-order valence-corrected chi connectivity index (χ3v) is 2.20. The quantitative estimate of drug-likeness (QED) is 0.760. The molecule has 1 unspecified atom stereocenters. The Balaban J connectivity index is 2.15. The van der Waals surface area contributed by atoms with Gasteiger partial charge in [-0.25, -0.2) is 0 Å². The summed E-state index contributed by atoms with van der Waals surface area (Å²) >= 11 is 0. The second kappa shape index (κ2) is 6.27. The van der Waals surface area contributed by atoms with Gasteiger partial charge < -0.3 is 15.6 Å². The van der Waals surface area contributed by atoms with Crippen LogP contribution in [0.2, 0.25) is 0 Å². The van der Waals surface area contributed by atoms with Crippen LogP contribution in [0, 0.1) is 6.92 Å². The number of rotatable bonds is 6. The molecule has 1 aromatic rings. The molecule has 0 aromatic carbocycles. The summed E-state index contributed by atoms with van der Waals surface area (Å²) in [5.74, 6) is 0.702. The molecule has 0 spiro atoms. The fraction of sp³-hybridized carbons (Fsp3) is 0.636. The van der Waals surface area contributed by atoms with Crippen molar-refractivity contribution in [2.75, 3.05) is 0 Å². The zero-order chi connectivity index (χ0) is 12.0. The largest absolute Gasteiger partial charge is 0.359 e. The number of hydrogen-bond donors (Lipinski definition) is 2. The molecule has 3 N–H and O–H groups in total. The molecular weight excluding hydrogens is 206 g/mol. The van der Waals surface area contributed by atoms with E-state index in [9.17, 15) is 4.79 Å². The first kappa shape index (κ1) is 12.7. The van der Waals surface area contributed by atoms with Crippen molar-refractivity contribution < 1.29 is 9.32 Å². The lowest BCUT2D eigenvalue weighted by Crippen LogP contribution is -2.23. The second-order valence-corrected chi connectivity index (χ2v) is 4.08. The van der Waals surface area contributed by atoms with Crippen LogP contribution < -0.4 is 11.1 Å². The van der Waals surface area contributed by atoms with Crippen molar-refractivity contribution in [2.24, 2.45) is 5.73 Å². The van der Waals surface area contributed by atoms with Crippen molar-refractivity contribution in [3.8, 4) is 0 Å². The van der Waals surface area contributed by atoms with Gasteiger partial charge >= 0.3 is 0 Å². The number of carbonyl (C=O) groups excluding carboxylic acids is 1. The van der Waals surface area contributed by atoms with Gasteiger partial charge in [0, 0.05) is 18.5 Å². The van der Waals surface area contributed by atoms with E-state index >= 15 is 0 Å². The molecule has 90 valence electrons. The van der Waals surface area contributed by atoms with E-state index in [1.54, 1.807) is 0 Å². The highest BCUT2D eigenvalue weighted by molar-refractivity contribution is 5.75. The zero-order valence-electron chi connectivity index (χ0n) is 9.82. The van der Waals surface area contributed by atoms with Crippen molar-refractivity contribution in [3.05, 3.63) is 17.5 Å². The number of amides is 1. The smallest absolute Gasteiger partial charge is 0.220 e. The Morgan fingerprint density at radius 2 is 2.44 bits per heavy atom. The van der Waals surface area contributed by atoms with E-state index in [-0.39, 0.29) is 11.9 Å². The summed E-state index contributed by atoms with van der Waals surface area (Å²) in [6, 6.07) is 1.96. The average molecular weight is 225 g/mol. The highest BCUT2D eigenvalue weighted by atomic mass is 16.5. The first-order valence-electron chi connectivity index (χ1n) is 5.52. The number of carbonyl (C=O) groups is 1. The molecular formula is C11H19N3O2. The predicted octanol–water partition coefficient (Wildman–Crippen LogP) is 1.12. The molecule has 1 atom stereocenters. The van der Waals surface area contributed by atoms with Crippen LogP contribution in [0.25, 0.3) is 0 Å². The Morgan fingerprint density at radius 3 is 3.00 bits per heavy atom. The molecule has 0 aliphatic heterocycles. The maximum Gasteiger partial charge on any atom is 0.220 e. The van der Waals surface area contributed by atoms with Gasteiger partial charge in [0.25, 0.3) is 0 Å². The van der Waals surface area contributed by atoms with Gasteiger partial charge in [-0.3, -0.25) is 4.79 Å². The fourth-order valence-electron chi connectivity index (χ4n) is 1.36. The normalized spacial score (nSPS) is 12.4. The lowest BCUT2D eigenvalue weighted by Gasteiger charge is -2.04. The summed E-state index contributed by atoms with van der Waals surface area (Å²) < 4.78 is 4.97. The van der Waals surface area contributed by atoms with Gasteiger partial charge in [0.2, 0.25) is 5.91 Å². The fourth-order valence-corrected chi connectivity index (χ4v) is 1.36. The van der Waals surface area contributed by atoms with E-state index in [1.807, 2.05) is 19.9 Å². The number of hydrogen-bond acceptors (Lipinski definition) is 4. The third kappa shape index (κ3) is 4.93. The van der Waals surface area contributed by atoms with Crippen LogP contribution in [0.5, 0.6) is 0 Å². The summed E-state index contributed by atoms with van der Waals surface area (Å²) in [5, 5.41) is 6.51. The van der Waals surface area contributed by atoms with E-state index in [0.717, 1.165) is 18.5 Å². The average Bonchev–Trinajstić information content (AvgIpc) is 2.61. The SMILES string of the molecule is Cc1cc(CNC(=O)CCCC(C)N)on1. The number of aromatic nitrogens is 1. The maximum atomic E-state index is 11.4. The number of nitrogens with zero attached hydrogens (tertiary/aromatic N) is 1. The second-order valence-electron chi connectivity index (χ2n) is 4.08. The van der Waals surface area contributed by atoms with Crippen LogP contribution in [-0.2, 0) is 11.3 Å². The molecule has 0 saturated carbocycles. The topological polar surface area (TPSA) is 81.2 Å². The summed E-state index contributed by atoms with van der Waals surface area (Å²) in [6.45, 7) is 4.19. The maximum absolute atomic E-state index is 11.4. The van der Waals surface area contributed by atoms with E-state index in [0.29, 0.717) is 18.7 Å². The summed E-state index contributed by atoms with van der Waals surface area (Å²) in [7, 11) is 0. The predicted molar refractivity (Wildman–Crippen MR) is 60.6 cm³/mol. The van der Waals surface area contributed by atoms with Gasteiger partial charge in [-0.1, -0.05) is 5.16 Å². The van der Waals surface area contributed by atoms with Gasteiger partial charge in [0.05, 0.1) is 12.2 Å². The van der Waals surface area contributed by atoms with Crippen molar-refractivity contribution in [1.82, 2.24) is 10.5 Å². The molecule has 1 aromatic heterocycles. The van der Waals surface area contributed by atoms with Crippen LogP contribution in [0.3, 0.4) is 0 Å². The minimum atomic E-state index is 0.0229. The monoisotopic (exact) mass is 225 g/mol. The van der Waals surface area contributed by atoms with Gasteiger partial charge in [0.15, 0.2) is 5.76 Å². The van der Waals surface area contributed by atoms with E-state index in [2.05, 4.69) is 10.5 Å². The first-order valence-corrected chi connectivity index (χ1v) is 5.52. The highest BCUT2D eigenvalue weighted by Crippen LogP contribution is 2.02. The van der Waals surface area contributed by atoms with Gasteiger partial charge in [-0.05, 0) is 26.7 Å². The van der Waals surface area contributed by atoms with Crippen LogP contribution in [0.15, 0.2) is 10.6 Å². The zero-order valence-corrected chi connectivity index (χ0v) is 9.82. The molecule has 0 radical (unpaired) electrons. The molecule has 5 heteroatoms. The van der Waals surface area contributed by atoms with Crippen LogP contribution in [-0.4, -0.2) is 17.1 Å². The van der Waals surface area contributed by atoms with Gasteiger partial charge in [-0.15, -0.1) is 0 Å². The molecule has 16 heavy (non-hydrogen) atoms.